The highest BCUT2D eigenvalue weighted by Gasteiger charge is 2.32. The van der Waals surface area contributed by atoms with E-state index in [1.54, 1.807) is 0 Å². The zero-order chi connectivity index (χ0) is 10.3. The first-order valence-corrected chi connectivity index (χ1v) is 5.71. The van der Waals surface area contributed by atoms with Crippen LogP contribution in [0.4, 0.5) is 0 Å². The van der Waals surface area contributed by atoms with Crippen molar-refractivity contribution >= 4 is 5.91 Å². The second-order valence-electron chi connectivity index (χ2n) is 4.52. The number of amides is 1. The highest BCUT2D eigenvalue weighted by molar-refractivity contribution is 5.78. The molecule has 1 aromatic rings. The molecule has 2 nitrogen and oxygen atoms in total. The molecule has 0 saturated carbocycles. The first kappa shape index (κ1) is 8.96. The summed E-state index contributed by atoms with van der Waals surface area (Å²) in [6, 6.07) is 9.02. The van der Waals surface area contributed by atoms with Crippen LogP contribution in [0, 0.1) is 0 Å². The standard InChI is InChI=1S/C13H15NO/c15-13-8-7-12-6-5-10-3-1-2-4-11(10)9-14(12)13/h1-4,12H,5-9H2/t12-/m0/s1. The molecule has 15 heavy (non-hydrogen) atoms. The van der Waals surface area contributed by atoms with Gasteiger partial charge in [0.15, 0.2) is 0 Å². The normalized spacial score (nSPS) is 24.7. The van der Waals surface area contributed by atoms with Gasteiger partial charge in [0, 0.05) is 19.0 Å². The molecule has 1 aromatic carbocycles. The number of carbonyl (C=O) groups excluding carboxylic acids is 1. The van der Waals surface area contributed by atoms with Crippen LogP contribution in [0.2, 0.25) is 0 Å². The average Bonchev–Trinajstić information content (AvgIpc) is 2.51. The maximum Gasteiger partial charge on any atom is 0.223 e. The van der Waals surface area contributed by atoms with Crippen LogP contribution < -0.4 is 0 Å². The predicted octanol–water partition coefficient (Wildman–Crippen LogP) is 2.12. The molecule has 2 aliphatic rings. The molecule has 2 heterocycles. The average molecular weight is 201 g/mol. The number of nitrogens with zero attached hydrogens (tertiary/aromatic N) is 1. The summed E-state index contributed by atoms with van der Waals surface area (Å²) in [5, 5.41) is 0. The molecule has 1 fully saturated rings. The molecular weight excluding hydrogens is 186 g/mol. The lowest BCUT2D eigenvalue weighted by molar-refractivity contribution is -0.129. The van der Waals surface area contributed by atoms with Gasteiger partial charge in [0.1, 0.15) is 0 Å². The second-order valence-corrected chi connectivity index (χ2v) is 4.52. The van der Waals surface area contributed by atoms with E-state index in [-0.39, 0.29) is 0 Å². The van der Waals surface area contributed by atoms with Crippen molar-refractivity contribution in [2.24, 2.45) is 0 Å². The summed E-state index contributed by atoms with van der Waals surface area (Å²) in [5.74, 6) is 0.344. The van der Waals surface area contributed by atoms with Crippen LogP contribution >= 0.6 is 0 Å². The highest BCUT2D eigenvalue weighted by Crippen LogP contribution is 2.29. The highest BCUT2D eigenvalue weighted by atomic mass is 16.2. The summed E-state index contributed by atoms with van der Waals surface area (Å²) < 4.78 is 0. The van der Waals surface area contributed by atoms with Gasteiger partial charge in [-0.15, -0.1) is 0 Å². The Kier molecular flexibility index (Phi) is 2.01. The fourth-order valence-corrected chi connectivity index (χ4v) is 2.77. The molecule has 0 aromatic heterocycles. The van der Waals surface area contributed by atoms with Gasteiger partial charge in [-0.05, 0) is 30.4 Å². The van der Waals surface area contributed by atoms with Crippen LogP contribution in [0.15, 0.2) is 24.3 Å². The zero-order valence-electron chi connectivity index (χ0n) is 8.78. The van der Waals surface area contributed by atoms with Crippen molar-refractivity contribution in [2.75, 3.05) is 0 Å². The van der Waals surface area contributed by atoms with Crippen LogP contribution in [0.25, 0.3) is 0 Å². The van der Waals surface area contributed by atoms with Crippen molar-refractivity contribution in [3.63, 3.8) is 0 Å². The van der Waals surface area contributed by atoms with E-state index in [0.29, 0.717) is 11.9 Å². The van der Waals surface area contributed by atoms with Gasteiger partial charge in [0.25, 0.3) is 0 Å². The molecule has 2 aliphatic heterocycles. The number of fused-ring (bicyclic) bond motifs is 2. The summed E-state index contributed by atoms with van der Waals surface area (Å²) in [6.45, 7) is 0.833. The summed E-state index contributed by atoms with van der Waals surface area (Å²) in [6.07, 6.45) is 4.09. The van der Waals surface area contributed by atoms with Crippen molar-refractivity contribution in [1.82, 2.24) is 4.90 Å². The topological polar surface area (TPSA) is 20.3 Å². The minimum Gasteiger partial charge on any atom is -0.335 e. The van der Waals surface area contributed by atoms with E-state index in [2.05, 4.69) is 29.2 Å². The summed E-state index contributed by atoms with van der Waals surface area (Å²) in [4.78, 5) is 13.8. The molecule has 2 heteroatoms. The second kappa shape index (κ2) is 3.37. The molecule has 0 N–H and O–H groups in total. The van der Waals surface area contributed by atoms with Gasteiger partial charge in [0.05, 0.1) is 0 Å². The SMILES string of the molecule is O=C1CC[C@@H]2CCc3ccccc3CN12. The van der Waals surface area contributed by atoms with Crippen LogP contribution in [-0.4, -0.2) is 16.8 Å². The third-order valence-corrected chi connectivity index (χ3v) is 3.66. The number of hydrogen-bond donors (Lipinski definition) is 0. The maximum absolute atomic E-state index is 11.7. The van der Waals surface area contributed by atoms with E-state index >= 15 is 0 Å². The van der Waals surface area contributed by atoms with E-state index < -0.39 is 0 Å². The van der Waals surface area contributed by atoms with Crippen molar-refractivity contribution < 1.29 is 4.79 Å². The Labute approximate surface area is 89.9 Å². The quantitative estimate of drug-likeness (QED) is 0.629. The smallest absolute Gasteiger partial charge is 0.223 e. The van der Waals surface area contributed by atoms with Crippen LogP contribution in [0.3, 0.4) is 0 Å². The van der Waals surface area contributed by atoms with E-state index in [4.69, 9.17) is 0 Å². The molecule has 0 spiro atoms. The van der Waals surface area contributed by atoms with Gasteiger partial charge < -0.3 is 4.90 Å². The first-order chi connectivity index (χ1) is 7.34. The van der Waals surface area contributed by atoms with Crippen LogP contribution in [0.1, 0.15) is 30.4 Å². The molecule has 78 valence electrons. The summed E-state index contributed by atoms with van der Waals surface area (Å²) in [7, 11) is 0. The number of rotatable bonds is 0. The largest absolute Gasteiger partial charge is 0.335 e. The van der Waals surface area contributed by atoms with Crippen LogP contribution in [-0.2, 0) is 17.8 Å². The van der Waals surface area contributed by atoms with E-state index in [1.165, 1.54) is 11.1 Å². The van der Waals surface area contributed by atoms with Crippen molar-refractivity contribution in [3.05, 3.63) is 35.4 Å². The molecule has 1 amide bonds. The van der Waals surface area contributed by atoms with Crippen LogP contribution in [0.5, 0.6) is 0 Å². The third kappa shape index (κ3) is 1.44. The molecule has 1 saturated heterocycles. The number of aryl methyl sites for hydroxylation is 1. The Hall–Kier alpha value is -1.31. The predicted molar refractivity (Wildman–Crippen MR) is 58.3 cm³/mol. The molecule has 0 aliphatic carbocycles. The van der Waals surface area contributed by atoms with E-state index in [1.807, 2.05) is 0 Å². The Morgan fingerprint density at radius 2 is 1.80 bits per heavy atom. The molecule has 0 radical (unpaired) electrons. The maximum atomic E-state index is 11.7. The van der Waals surface area contributed by atoms with Gasteiger partial charge in [-0.1, -0.05) is 24.3 Å². The monoisotopic (exact) mass is 201 g/mol. The van der Waals surface area contributed by atoms with Gasteiger partial charge >= 0.3 is 0 Å². The zero-order valence-corrected chi connectivity index (χ0v) is 8.78. The summed E-state index contributed by atoms with van der Waals surface area (Å²) >= 11 is 0. The van der Waals surface area contributed by atoms with E-state index in [0.717, 1.165) is 32.2 Å². The van der Waals surface area contributed by atoms with Crippen molar-refractivity contribution in [3.8, 4) is 0 Å². The van der Waals surface area contributed by atoms with Gasteiger partial charge in [-0.3, -0.25) is 4.79 Å². The lowest BCUT2D eigenvalue weighted by atomic mass is 10.0. The molecular formula is C13H15NO. The minimum absolute atomic E-state index is 0.344. The Bertz CT molecular complexity index is 399. The van der Waals surface area contributed by atoms with Gasteiger partial charge in [-0.25, -0.2) is 0 Å². The van der Waals surface area contributed by atoms with Gasteiger partial charge in [0.2, 0.25) is 5.91 Å². The number of carbonyl (C=O) groups is 1. The molecule has 0 bridgehead atoms. The number of benzene rings is 1. The fourth-order valence-electron chi connectivity index (χ4n) is 2.77. The van der Waals surface area contributed by atoms with E-state index in [9.17, 15) is 4.79 Å². The van der Waals surface area contributed by atoms with Crippen molar-refractivity contribution in [1.29, 1.82) is 0 Å². The Balaban J connectivity index is 1.96. The van der Waals surface area contributed by atoms with Gasteiger partial charge in [-0.2, -0.15) is 0 Å². The molecule has 0 unspecified atom stereocenters. The summed E-state index contributed by atoms with van der Waals surface area (Å²) in [5.41, 5.74) is 2.77. The Morgan fingerprint density at radius 3 is 2.67 bits per heavy atom. The lowest BCUT2D eigenvalue weighted by Crippen LogP contribution is -2.31. The molecule has 3 rings (SSSR count). The fraction of sp³-hybridized carbons (Fsp3) is 0.462. The third-order valence-electron chi connectivity index (χ3n) is 3.66. The molecule has 1 atom stereocenters. The number of hydrogen-bond acceptors (Lipinski definition) is 1. The van der Waals surface area contributed by atoms with Crippen molar-refractivity contribution in [2.45, 2.75) is 38.3 Å². The first-order valence-electron chi connectivity index (χ1n) is 5.71. The lowest BCUT2D eigenvalue weighted by Gasteiger charge is -2.21. The Morgan fingerprint density at radius 1 is 1.07 bits per heavy atom. The minimum atomic E-state index is 0.344.